The highest BCUT2D eigenvalue weighted by atomic mass is 16.2. The van der Waals surface area contributed by atoms with Gasteiger partial charge in [0.15, 0.2) is 5.82 Å². The molecule has 0 saturated heterocycles. The van der Waals surface area contributed by atoms with Crippen LogP contribution in [0.15, 0.2) is 36.7 Å². The van der Waals surface area contributed by atoms with Crippen molar-refractivity contribution in [3.8, 4) is 0 Å². The predicted molar refractivity (Wildman–Crippen MR) is 76.3 cm³/mol. The monoisotopic (exact) mass is 269 g/mol. The fourth-order valence-corrected chi connectivity index (χ4v) is 2.20. The molecule has 2 aromatic heterocycles. The van der Waals surface area contributed by atoms with Gasteiger partial charge in [-0.1, -0.05) is 12.1 Å². The maximum absolute atomic E-state index is 12.1. The van der Waals surface area contributed by atoms with E-state index in [9.17, 15) is 4.79 Å². The molecule has 3 rings (SSSR count). The molecule has 0 aliphatic carbocycles. The summed E-state index contributed by atoms with van der Waals surface area (Å²) in [7, 11) is 1.86. The van der Waals surface area contributed by atoms with Gasteiger partial charge in [-0.05, 0) is 19.1 Å². The Morgan fingerprint density at radius 2 is 2.15 bits per heavy atom. The van der Waals surface area contributed by atoms with Crippen molar-refractivity contribution in [1.29, 1.82) is 0 Å². The van der Waals surface area contributed by atoms with Crippen LogP contribution >= 0.6 is 0 Å². The van der Waals surface area contributed by atoms with Gasteiger partial charge in [0.25, 0.3) is 0 Å². The van der Waals surface area contributed by atoms with Gasteiger partial charge in [0.2, 0.25) is 5.91 Å². The van der Waals surface area contributed by atoms with Crippen LogP contribution in [0.4, 0.5) is 5.82 Å². The first-order chi connectivity index (χ1) is 9.65. The molecule has 1 N–H and O–H groups in total. The van der Waals surface area contributed by atoms with Gasteiger partial charge in [-0.15, -0.1) is 0 Å². The molecule has 1 amide bonds. The van der Waals surface area contributed by atoms with E-state index in [-0.39, 0.29) is 12.5 Å². The Kier molecular flexibility index (Phi) is 2.98. The zero-order valence-electron chi connectivity index (χ0n) is 11.4. The SMILES string of the molecule is Cc1nccn1CC(=O)Nc1nn(C)c2ccccc12. The third-order valence-corrected chi connectivity index (χ3v) is 3.25. The van der Waals surface area contributed by atoms with E-state index in [0.29, 0.717) is 5.82 Å². The van der Waals surface area contributed by atoms with Gasteiger partial charge in [-0.25, -0.2) is 4.98 Å². The number of hydrogen-bond acceptors (Lipinski definition) is 3. The molecular weight excluding hydrogens is 254 g/mol. The molecule has 20 heavy (non-hydrogen) atoms. The second kappa shape index (κ2) is 4.80. The summed E-state index contributed by atoms with van der Waals surface area (Å²) < 4.78 is 3.55. The molecule has 0 radical (unpaired) electrons. The number of aryl methyl sites for hydroxylation is 2. The molecule has 0 saturated carbocycles. The van der Waals surface area contributed by atoms with Crippen molar-refractivity contribution in [2.75, 3.05) is 5.32 Å². The number of rotatable bonds is 3. The molecule has 6 heteroatoms. The average molecular weight is 269 g/mol. The van der Waals surface area contributed by atoms with Crippen LogP contribution in [-0.2, 0) is 18.4 Å². The summed E-state index contributed by atoms with van der Waals surface area (Å²) >= 11 is 0. The number of imidazole rings is 1. The van der Waals surface area contributed by atoms with Crippen molar-refractivity contribution < 1.29 is 4.79 Å². The highest BCUT2D eigenvalue weighted by Gasteiger charge is 2.11. The van der Waals surface area contributed by atoms with E-state index in [0.717, 1.165) is 16.7 Å². The highest BCUT2D eigenvalue weighted by molar-refractivity contribution is 5.99. The lowest BCUT2D eigenvalue weighted by atomic mass is 10.2. The second-order valence-corrected chi connectivity index (χ2v) is 4.64. The van der Waals surface area contributed by atoms with Crippen molar-refractivity contribution in [3.05, 3.63) is 42.5 Å². The van der Waals surface area contributed by atoms with E-state index >= 15 is 0 Å². The van der Waals surface area contributed by atoms with Crippen molar-refractivity contribution in [2.24, 2.45) is 7.05 Å². The number of amides is 1. The number of carbonyl (C=O) groups excluding carboxylic acids is 1. The van der Waals surface area contributed by atoms with E-state index in [2.05, 4.69) is 15.4 Å². The Morgan fingerprint density at radius 1 is 1.35 bits per heavy atom. The maximum atomic E-state index is 12.1. The van der Waals surface area contributed by atoms with E-state index in [4.69, 9.17) is 0 Å². The number of para-hydroxylation sites is 1. The summed E-state index contributed by atoms with van der Waals surface area (Å²) in [4.78, 5) is 16.2. The minimum Gasteiger partial charge on any atom is -0.326 e. The summed E-state index contributed by atoms with van der Waals surface area (Å²) in [6.07, 6.45) is 3.46. The van der Waals surface area contributed by atoms with Crippen LogP contribution in [0.2, 0.25) is 0 Å². The summed E-state index contributed by atoms with van der Waals surface area (Å²) in [6, 6.07) is 7.79. The van der Waals surface area contributed by atoms with Crippen molar-refractivity contribution in [1.82, 2.24) is 19.3 Å². The van der Waals surface area contributed by atoms with Gasteiger partial charge in [0.05, 0.1) is 5.52 Å². The minimum absolute atomic E-state index is 0.116. The molecule has 0 unspecified atom stereocenters. The van der Waals surface area contributed by atoms with Crippen molar-refractivity contribution in [2.45, 2.75) is 13.5 Å². The van der Waals surface area contributed by atoms with Gasteiger partial charge in [0.1, 0.15) is 12.4 Å². The quantitative estimate of drug-likeness (QED) is 0.787. The lowest BCUT2D eigenvalue weighted by Gasteiger charge is -2.05. The van der Waals surface area contributed by atoms with Gasteiger partial charge in [-0.2, -0.15) is 5.10 Å². The number of benzene rings is 1. The van der Waals surface area contributed by atoms with Gasteiger partial charge in [0, 0.05) is 24.8 Å². The first kappa shape index (κ1) is 12.4. The molecule has 0 atom stereocenters. The summed E-state index contributed by atoms with van der Waals surface area (Å²) in [6.45, 7) is 2.10. The molecule has 2 heterocycles. The third-order valence-electron chi connectivity index (χ3n) is 3.25. The van der Waals surface area contributed by atoms with E-state index in [1.165, 1.54) is 0 Å². The number of carbonyl (C=O) groups is 1. The number of aromatic nitrogens is 4. The summed E-state index contributed by atoms with van der Waals surface area (Å²) in [5.74, 6) is 1.28. The molecule has 0 spiro atoms. The van der Waals surface area contributed by atoms with Crippen molar-refractivity contribution >= 4 is 22.6 Å². The number of nitrogens with zero attached hydrogens (tertiary/aromatic N) is 4. The molecule has 3 aromatic rings. The van der Waals surface area contributed by atoms with Crippen LogP contribution < -0.4 is 5.32 Å². The maximum Gasteiger partial charge on any atom is 0.245 e. The molecular formula is C14H15N5O. The molecule has 6 nitrogen and oxygen atoms in total. The second-order valence-electron chi connectivity index (χ2n) is 4.64. The molecule has 0 aliphatic heterocycles. The van der Waals surface area contributed by atoms with Crippen LogP contribution in [0.3, 0.4) is 0 Å². The van der Waals surface area contributed by atoms with Crippen LogP contribution in [-0.4, -0.2) is 25.2 Å². The Bertz CT molecular complexity index is 771. The predicted octanol–water partition coefficient (Wildman–Crippen LogP) is 1.72. The van der Waals surface area contributed by atoms with E-state index in [1.807, 2.05) is 38.2 Å². The largest absolute Gasteiger partial charge is 0.326 e. The van der Waals surface area contributed by atoms with Crippen LogP contribution in [0.5, 0.6) is 0 Å². The summed E-state index contributed by atoms with van der Waals surface area (Å²) in [5.41, 5.74) is 0.988. The zero-order valence-corrected chi connectivity index (χ0v) is 11.4. The highest BCUT2D eigenvalue weighted by Crippen LogP contribution is 2.21. The fraction of sp³-hybridized carbons (Fsp3) is 0.214. The van der Waals surface area contributed by atoms with Gasteiger partial charge < -0.3 is 9.88 Å². The average Bonchev–Trinajstić information content (AvgIpc) is 2.96. The molecule has 0 aliphatic rings. The van der Waals surface area contributed by atoms with Gasteiger partial charge in [-0.3, -0.25) is 9.48 Å². The lowest BCUT2D eigenvalue weighted by molar-refractivity contribution is -0.116. The Balaban J connectivity index is 1.83. The molecule has 102 valence electrons. The Hall–Kier alpha value is -2.63. The van der Waals surface area contributed by atoms with Crippen LogP contribution in [0.1, 0.15) is 5.82 Å². The Labute approximate surface area is 116 Å². The summed E-state index contributed by atoms with van der Waals surface area (Å²) in [5, 5.41) is 8.13. The molecule has 0 bridgehead atoms. The number of nitrogens with one attached hydrogen (secondary N) is 1. The number of fused-ring (bicyclic) bond motifs is 1. The normalized spacial score (nSPS) is 10.9. The zero-order chi connectivity index (χ0) is 14.1. The minimum atomic E-state index is -0.116. The number of anilines is 1. The Morgan fingerprint density at radius 3 is 2.90 bits per heavy atom. The van der Waals surface area contributed by atoms with Crippen LogP contribution in [0, 0.1) is 6.92 Å². The smallest absolute Gasteiger partial charge is 0.245 e. The molecule has 0 fully saturated rings. The van der Waals surface area contributed by atoms with Crippen molar-refractivity contribution in [3.63, 3.8) is 0 Å². The third kappa shape index (κ3) is 2.16. The number of hydrogen-bond donors (Lipinski definition) is 1. The first-order valence-electron chi connectivity index (χ1n) is 6.34. The first-order valence-corrected chi connectivity index (χ1v) is 6.34. The topological polar surface area (TPSA) is 64.7 Å². The van der Waals surface area contributed by atoms with E-state index in [1.54, 1.807) is 21.6 Å². The lowest BCUT2D eigenvalue weighted by Crippen LogP contribution is -2.19. The van der Waals surface area contributed by atoms with Gasteiger partial charge >= 0.3 is 0 Å². The molecule has 1 aromatic carbocycles. The van der Waals surface area contributed by atoms with E-state index < -0.39 is 0 Å². The standard InChI is InChI=1S/C14H15N5O/c1-10-15-7-8-19(10)9-13(20)16-14-11-5-3-4-6-12(11)18(2)17-14/h3-8H,9H2,1-2H3,(H,16,17,20). The van der Waals surface area contributed by atoms with Crippen LogP contribution in [0.25, 0.3) is 10.9 Å². The fourth-order valence-electron chi connectivity index (χ4n) is 2.20.